The van der Waals surface area contributed by atoms with Gasteiger partial charge in [0.05, 0.1) is 0 Å². The fourth-order valence-electron chi connectivity index (χ4n) is 7.15. The van der Waals surface area contributed by atoms with E-state index in [4.69, 9.17) is 4.42 Å². The third-order valence-corrected chi connectivity index (χ3v) is 9.31. The van der Waals surface area contributed by atoms with Gasteiger partial charge in [0, 0.05) is 33.0 Å². The number of benzene rings is 5. The lowest BCUT2D eigenvalue weighted by atomic mass is 9.79. The molecule has 1 heterocycles. The van der Waals surface area contributed by atoms with E-state index >= 15 is 0 Å². The molecule has 190 valence electrons. The van der Waals surface area contributed by atoms with Crippen LogP contribution >= 0.6 is 0 Å². The molecule has 6 aromatic rings. The molecule has 0 spiro atoms. The molecule has 0 amide bonds. The summed E-state index contributed by atoms with van der Waals surface area (Å²) in [6.07, 6.45) is 0. The summed E-state index contributed by atoms with van der Waals surface area (Å²) in [6.45, 7) is 11.6. The number of rotatable bonds is 2. The highest BCUT2D eigenvalue weighted by molar-refractivity contribution is 6.15. The van der Waals surface area contributed by atoms with Crippen molar-refractivity contribution in [1.82, 2.24) is 0 Å². The number of aryl methyl sites for hydroxylation is 1. The number of anilines is 2. The Balaban J connectivity index is 1.32. The summed E-state index contributed by atoms with van der Waals surface area (Å²) in [7, 11) is 0. The largest absolute Gasteiger partial charge is 0.456 e. The van der Waals surface area contributed by atoms with Gasteiger partial charge in [-0.2, -0.15) is 0 Å². The average molecular weight is 506 g/mol. The lowest BCUT2D eigenvalue weighted by Gasteiger charge is -2.24. The van der Waals surface area contributed by atoms with Crippen LogP contribution in [-0.2, 0) is 10.8 Å². The lowest BCUT2D eigenvalue weighted by Crippen LogP contribution is -2.17. The summed E-state index contributed by atoms with van der Waals surface area (Å²) in [5.41, 5.74) is 16.2. The molecule has 8 rings (SSSR count). The average Bonchev–Trinajstić information content (AvgIpc) is 3.49. The van der Waals surface area contributed by atoms with Crippen molar-refractivity contribution >= 4 is 33.3 Å². The van der Waals surface area contributed by atoms with Crippen LogP contribution in [0.15, 0.2) is 95.4 Å². The monoisotopic (exact) mass is 505 g/mol. The number of hydrogen-bond acceptors (Lipinski definition) is 2. The molecule has 0 atom stereocenters. The first-order chi connectivity index (χ1) is 18.7. The zero-order valence-corrected chi connectivity index (χ0v) is 23.1. The maximum absolute atomic E-state index is 6.31. The Labute approximate surface area is 229 Å². The van der Waals surface area contributed by atoms with Crippen LogP contribution in [0.1, 0.15) is 55.5 Å². The van der Waals surface area contributed by atoms with Gasteiger partial charge < -0.3 is 9.73 Å². The Kier molecular flexibility index (Phi) is 4.31. The maximum atomic E-state index is 6.31. The van der Waals surface area contributed by atoms with Gasteiger partial charge in [0.25, 0.3) is 0 Å². The molecular formula is C37H31NO. The Morgan fingerprint density at radius 2 is 1.23 bits per heavy atom. The van der Waals surface area contributed by atoms with Crippen molar-refractivity contribution in [1.29, 1.82) is 0 Å². The summed E-state index contributed by atoms with van der Waals surface area (Å²) >= 11 is 0. The molecular weight excluding hydrogens is 474 g/mol. The van der Waals surface area contributed by atoms with E-state index in [9.17, 15) is 0 Å². The molecule has 1 aromatic heterocycles. The normalized spacial score (nSPS) is 15.7. The van der Waals surface area contributed by atoms with E-state index in [2.05, 4.69) is 131 Å². The summed E-state index contributed by atoms with van der Waals surface area (Å²) < 4.78 is 6.31. The molecule has 39 heavy (non-hydrogen) atoms. The molecule has 0 bridgehead atoms. The van der Waals surface area contributed by atoms with Crippen molar-refractivity contribution in [2.24, 2.45) is 0 Å². The molecule has 0 unspecified atom stereocenters. The molecule has 0 aliphatic heterocycles. The molecule has 1 N–H and O–H groups in total. The highest BCUT2D eigenvalue weighted by atomic mass is 16.3. The summed E-state index contributed by atoms with van der Waals surface area (Å²) in [6, 6.07) is 33.3. The highest BCUT2D eigenvalue weighted by Gasteiger charge is 2.42. The second-order valence-electron chi connectivity index (χ2n) is 12.4. The van der Waals surface area contributed by atoms with Gasteiger partial charge in [0.1, 0.15) is 11.2 Å². The standard InChI is InChI=1S/C37H31NO/c1-21-10-12-22(13-11-21)38-23-14-15-24-26-19-31-27(20-30(26)37(4,5)29(24)18-23)34-28(36(31,2)3)16-17-33-35(34)25-8-6-7-9-32(25)39-33/h6-20,38H,1-5H3. The van der Waals surface area contributed by atoms with E-state index in [1.807, 2.05) is 0 Å². The molecule has 2 nitrogen and oxygen atoms in total. The lowest BCUT2D eigenvalue weighted by molar-refractivity contribution is 0.651. The quantitative estimate of drug-likeness (QED) is 0.253. The maximum Gasteiger partial charge on any atom is 0.136 e. The van der Waals surface area contributed by atoms with Gasteiger partial charge in [-0.3, -0.25) is 0 Å². The minimum Gasteiger partial charge on any atom is -0.456 e. The molecule has 0 saturated heterocycles. The van der Waals surface area contributed by atoms with Gasteiger partial charge in [0.2, 0.25) is 0 Å². The van der Waals surface area contributed by atoms with E-state index in [0.29, 0.717) is 0 Å². The predicted molar refractivity (Wildman–Crippen MR) is 163 cm³/mol. The second kappa shape index (κ2) is 7.42. The number of hydrogen-bond donors (Lipinski definition) is 1. The molecule has 0 saturated carbocycles. The molecule has 5 aromatic carbocycles. The fraction of sp³-hybridized carbons (Fsp3) is 0.189. The number of para-hydroxylation sites is 1. The minimum atomic E-state index is -0.107. The number of furan rings is 1. The van der Waals surface area contributed by atoms with Crippen LogP contribution in [0.3, 0.4) is 0 Å². The number of nitrogens with one attached hydrogen (secondary N) is 1. The Bertz CT molecular complexity index is 1990. The van der Waals surface area contributed by atoms with Crippen LogP contribution in [0.5, 0.6) is 0 Å². The van der Waals surface area contributed by atoms with Gasteiger partial charge >= 0.3 is 0 Å². The van der Waals surface area contributed by atoms with Gasteiger partial charge in [-0.25, -0.2) is 0 Å². The Morgan fingerprint density at radius 3 is 2.05 bits per heavy atom. The van der Waals surface area contributed by atoms with Gasteiger partial charge in [-0.1, -0.05) is 75.7 Å². The van der Waals surface area contributed by atoms with Crippen LogP contribution in [-0.4, -0.2) is 0 Å². The van der Waals surface area contributed by atoms with E-state index in [1.165, 1.54) is 60.8 Å². The molecule has 0 fully saturated rings. The minimum absolute atomic E-state index is 0.0912. The third-order valence-electron chi connectivity index (χ3n) is 9.31. The Morgan fingerprint density at radius 1 is 0.564 bits per heavy atom. The highest BCUT2D eigenvalue weighted by Crippen LogP contribution is 2.58. The van der Waals surface area contributed by atoms with Crippen LogP contribution in [0, 0.1) is 6.92 Å². The molecule has 2 aliphatic rings. The van der Waals surface area contributed by atoms with Crippen LogP contribution < -0.4 is 5.32 Å². The van der Waals surface area contributed by atoms with Gasteiger partial charge in [-0.15, -0.1) is 0 Å². The van der Waals surface area contributed by atoms with Crippen molar-refractivity contribution in [3.63, 3.8) is 0 Å². The van der Waals surface area contributed by atoms with Gasteiger partial charge in [-0.05, 0) is 100.0 Å². The SMILES string of the molecule is Cc1ccc(Nc2ccc3c(c2)C(C)(C)c2cc4c(cc2-3)C(C)(C)c2ccc3oc5ccccc5c3c2-4)cc1. The number of fused-ring (bicyclic) bond motifs is 10. The van der Waals surface area contributed by atoms with Crippen LogP contribution in [0.2, 0.25) is 0 Å². The van der Waals surface area contributed by atoms with Gasteiger partial charge in [0.15, 0.2) is 0 Å². The van der Waals surface area contributed by atoms with E-state index in [1.54, 1.807) is 0 Å². The zero-order valence-electron chi connectivity index (χ0n) is 23.1. The topological polar surface area (TPSA) is 25.2 Å². The summed E-state index contributed by atoms with van der Waals surface area (Å²) in [4.78, 5) is 0. The van der Waals surface area contributed by atoms with Crippen molar-refractivity contribution in [3.05, 3.63) is 119 Å². The fourth-order valence-corrected chi connectivity index (χ4v) is 7.15. The van der Waals surface area contributed by atoms with E-state index < -0.39 is 0 Å². The first kappa shape index (κ1) is 22.7. The second-order valence-corrected chi connectivity index (χ2v) is 12.4. The first-order valence-electron chi connectivity index (χ1n) is 13.9. The van der Waals surface area contributed by atoms with E-state index in [0.717, 1.165) is 22.5 Å². The smallest absolute Gasteiger partial charge is 0.136 e. The molecule has 0 radical (unpaired) electrons. The predicted octanol–water partition coefficient (Wildman–Crippen LogP) is 10.3. The summed E-state index contributed by atoms with van der Waals surface area (Å²) in [5, 5.41) is 6.06. The Hall–Kier alpha value is -4.30. The molecule has 2 aliphatic carbocycles. The van der Waals surface area contributed by atoms with Crippen LogP contribution in [0.4, 0.5) is 11.4 Å². The van der Waals surface area contributed by atoms with Crippen molar-refractivity contribution in [2.75, 3.05) is 5.32 Å². The summed E-state index contributed by atoms with van der Waals surface area (Å²) in [5.74, 6) is 0. The van der Waals surface area contributed by atoms with E-state index in [-0.39, 0.29) is 10.8 Å². The third kappa shape index (κ3) is 2.97. The first-order valence-corrected chi connectivity index (χ1v) is 13.9. The molecule has 2 heteroatoms. The van der Waals surface area contributed by atoms with Crippen LogP contribution in [0.25, 0.3) is 44.2 Å². The zero-order chi connectivity index (χ0) is 26.7. The van der Waals surface area contributed by atoms with Crippen molar-refractivity contribution < 1.29 is 4.42 Å². The van der Waals surface area contributed by atoms with Crippen molar-refractivity contribution in [3.8, 4) is 22.3 Å². The van der Waals surface area contributed by atoms with Crippen molar-refractivity contribution in [2.45, 2.75) is 45.4 Å².